The van der Waals surface area contributed by atoms with Crippen LogP contribution in [-0.2, 0) is 4.74 Å². The van der Waals surface area contributed by atoms with Crippen molar-refractivity contribution in [2.45, 2.75) is 19.8 Å². The zero-order valence-corrected chi connectivity index (χ0v) is 15.2. The zero-order chi connectivity index (χ0) is 18.9. The lowest BCUT2D eigenvalue weighted by Crippen LogP contribution is -2.13. The molecule has 0 fully saturated rings. The normalized spacial score (nSPS) is 10.1. The van der Waals surface area contributed by atoms with Crippen molar-refractivity contribution in [3.63, 3.8) is 0 Å². The zero-order valence-electron chi connectivity index (χ0n) is 15.2. The Labute approximate surface area is 153 Å². The number of benzene rings is 2. The number of carbonyl (C=O) groups excluding carboxylic acids is 2. The minimum Gasteiger partial charge on any atom is -0.493 e. The van der Waals surface area contributed by atoms with Gasteiger partial charge in [-0.3, -0.25) is 4.79 Å². The summed E-state index contributed by atoms with van der Waals surface area (Å²) in [7, 11) is 3.04. The van der Waals surface area contributed by atoms with Crippen molar-refractivity contribution in [1.82, 2.24) is 0 Å². The van der Waals surface area contributed by atoms with Crippen LogP contribution in [0.25, 0.3) is 0 Å². The van der Waals surface area contributed by atoms with Gasteiger partial charge in [-0.25, -0.2) is 4.79 Å². The maximum absolute atomic E-state index is 12.5. The number of esters is 1. The number of unbranched alkanes of at least 4 members (excludes halogenated alkanes) is 1. The summed E-state index contributed by atoms with van der Waals surface area (Å²) < 4.78 is 15.6. The number of rotatable bonds is 8. The van der Waals surface area contributed by atoms with E-state index in [9.17, 15) is 9.59 Å². The van der Waals surface area contributed by atoms with Crippen molar-refractivity contribution in [1.29, 1.82) is 0 Å². The molecule has 2 aromatic rings. The third-order valence-corrected chi connectivity index (χ3v) is 3.73. The Balaban J connectivity index is 2.09. The monoisotopic (exact) mass is 357 g/mol. The maximum atomic E-state index is 12.5. The van der Waals surface area contributed by atoms with Crippen LogP contribution in [0.2, 0.25) is 0 Å². The lowest BCUT2D eigenvalue weighted by atomic mass is 10.1. The van der Waals surface area contributed by atoms with Gasteiger partial charge in [-0.1, -0.05) is 19.4 Å². The number of carbonyl (C=O) groups is 2. The van der Waals surface area contributed by atoms with Gasteiger partial charge in [-0.2, -0.15) is 0 Å². The highest BCUT2D eigenvalue weighted by molar-refractivity contribution is 6.05. The van der Waals surface area contributed by atoms with E-state index < -0.39 is 5.97 Å². The summed E-state index contributed by atoms with van der Waals surface area (Å²) in [5.41, 5.74) is 1.32. The summed E-state index contributed by atoms with van der Waals surface area (Å²) in [6.45, 7) is 2.41. The Morgan fingerprint density at radius 2 is 1.73 bits per heavy atom. The molecule has 6 heteroatoms. The Morgan fingerprint density at radius 1 is 0.962 bits per heavy atom. The fourth-order valence-corrected chi connectivity index (χ4v) is 2.30. The molecule has 0 atom stereocenters. The van der Waals surface area contributed by atoms with Crippen LogP contribution in [-0.4, -0.2) is 32.7 Å². The van der Waals surface area contributed by atoms with Gasteiger partial charge < -0.3 is 19.5 Å². The molecule has 0 saturated heterocycles. The van der Waals surface area contributed by atoms with E-state index in [4.69, 9.17) is 14.2 Å². The van der Waals surface area contributed by atoms with Crippen molar-refractivity contribution in [2.24, 2.45) is 0 Å². The summed E-state index contributed by atoms with van der Waals surface area (Å²) >= 11 is 0. The molecule has 0 aliphatic heterocycles. The maximum Gasteiger partial charge on any atom is 0.338 e. The van der Waals surface area contributed by atoms with Gasteiger partial charge in [0.05, 0.1) is 26.4 Å². The molecule has 0 saturated carbocycles. The molecule has 1 amide bonds. The van der Waals surface area contributed by atoms with Gasteiger partial charge in [0, 0.05) is 11.3 Å². The summed E-state index contributed by atoms with van der Waals surface area (Å²) in [4.78, 5) is 24.5. The van der Waals surface area contributed by atoms with Crippen molar-refractivity contribution < 1.29 is 23.8 Å². The van der Waals surface area contributed by atoms with E-state index in [-0.39, 0.29) is 5.91 Å². The quantitative estimate of drug-likeness (QED) is 0.573. The standard InChI is InChI=1S/C20H23NO5/c1-4-5-11-26-20(23)15-7-6-8-16(12-15)21-19(22)14-9-10-17(24-2)18(13-14)25-3/h6-10,12-13H,4-5,11H2,1-3H3,(H,21,22). The van der Waals surface area contributed by atoms with Crippen LogP contribution in [0.4, 0.5) is 5.69 Å². The molecule has 2 rings (SSSR count). The van der Waals surface area contributed by atoms with Crippen molar-refractivity contribution in [3.8, 4) is 11.5 Å². The number of methoxy groups -OCH3 is 2. The van der Waals surface area contributed by atoms with E-state index >= 15 is 0 Å². The third-order valence-electron chi connectivity index (χ3n) is 3.73. The molecule has 26 heavy (non-hydrogen) atoms. The Hall–Kier alpha value is -3.02. The molecular weight excluding hydrogens is 334 g/mol. The predicted octanol–water partition coefficient (Wildman–Crippen LogP) is 3.91. The van der Waals surface area contributed by atoms with Crippen molar-refractivity contribution in [2.75, 3.05) is 26.1 Å². The molecule has 0 radical (unpaired) electrons. The molecule has 1 N–H and O–H groups in total. The molecular formula is C20H23NO5. The van der Waals surface area contributed by atoms with Gasteiger partial charge in [-0.05, 0) is 42.8 Å². The number of anilines is 1. The summed E-state index contributed by atoms with van der Waals surface area (Å²) in [6.07, 6.45) is 1.77. The van der Waals surface area contributed by atoms with Crippen molar-refractivity contribution >= 4 is 17.6 Å². The van der Waals surface area contributed by atoms with Crippen LogP contribution in [0.1, 0.15) is 40.5 Å². The molecule has 0 unspecified atom stereocenters. The highest BCUT2D eigenvalue weighted by Gasteiger charge is 2.13. The molecule has 0 aromatic heterocycles. The number of nitrogens with one attached hydrogen (secondary N) is 1. The van der Waals surface area contributed by atoms with E-state index in [1.54, 1.807) is 42.5 Å². The van der Waals surface area contributed by atoms with Gasteiger partial charge in [0.25, 0.3) is 5.91 Å². The van der Waals surface area contributed by atoms with Gasteiger partial charge in [0.2, 0.25) is 0 Å². The molecule has 0 bridgehead atoms. The Morgan fingerprint density at radius 3 is 2.42 bits per heavy atom. The average molecular weight is 357 g/mol. The fraction of sp³-hybridized carbons (Fsp3) is 0.300. The first kappa shape index (κ1) is 19.3. The average Bonchev–Trinajstić information content (AvgIpc) is 2.67. The number of hydrogen-bond acceptors (Lipinski definition) is 5. The SMILES string of the molecule is CCCCOC(=O)c1cccc(NC(=O)c2ccc(OC)c(OC)c2)c1. The second-order valence-electron chi connectivity index (χ2n) is 5.59. The third kappa shape index (κ3) is 4.99. The lowest BCUT2D eigenvalue weighted by molar-refractivity contribution is 0.0499. The van der Waals surface area contributed by atoms with Gasteiger partial charge in [0.15, 0.2) is 11.5 Å². The minimum atomic E-state index is -0.402. The molecule has 6 nitrogen and oxygen atoms in total. The molecule has 0 spiro atoms. The lowest BCUT2D eigenvalue weighted by Gasteiger charge is -2.11. The molecule has 0 aliphatic carbocycles. The van der Waals surface area contributed by atoms with Crippen LogP contribution in [0.3, 0.4) is 0 Å². The minimum absolute atomic E-state index is 0.317. The molecule has 0 aliphatic rings. The van der Waals surface area contributed by atoms with E-state index in [0.29, 0.717) is 34.9 Å². The van der Waals surface area contributed by atoms with Crippen molar-refractivity contribution in [3.05, 3.63) is 53.6 Å². The van der Waals surface area contributed by atoms with Gasteiger partial charge in [0.1, 0.15) is 0 Å². The number of amides is 1. The highest BCUT2D eigenvalue weighted by atomic mass is 16.5. The van der Waals surface area contributed by atoms with E-state index in [1.807, 2.05) is 6.92 Å². The predicted molar refractivity (Wildman–Crippen MR) is 99.1 cm³/mol. The molecule has 138 valence electrons. The Bertz CT molecular complexity index is 773. The fourth-order valence-electron chi connectivity index (χ4n) is 2.30. The van der Waals surface area contributed by atoms with Gasteiger partial charge in [-0.15, -0.1) is 0 Å². The summed E-state index contributed by atoms with van der Waals surface area (Å²) in [5, 5.41) is 2.77. The first-order valence-electron chi connectivity index (χ1n) is 8.39. The summed E-state index contributed by atoms with van der Waals surface area (Å²) in [6, 6.07) is 11.5. The van der Waals surface area contributed by atoms with Crippen LogP contribution >= 0.6 is 0 Å². The second-order valence-corrected chi connectivity index (χ2v) is 5.59. The summed E-state index contributed by atoms with van der Waals surface area (Å²) in [5.74, 6) is 0.289. The number of ether oxygens (including phenoxy) is 3. The Kier molecular flexibility index (Phi) is 7.02. The van der Waals surface area contributed by atoms with E-state index in [2.05, 4.69) is 5.32 Å². The number of hydrogen-bond donors (Lipinski definition) is 1. The highest BCUT2D eigenvalue weighted by Crippen LogP contribution is 2.28. The second kappa shape index (κ2) is 9.46. The largest absolute Gasteiger partial charge is 0.493 e. The first-order chi connectivity index (χ1) is 12.6. The van der Waals surface area contributed by atoms with E-state index in [0.717, 1.165) is 12.8 Å². The van der Waals surface area contributed by atoms with E-state index in [1.165, 1.54) is 14.2 Å². The van der Waals surface area contributed by atoms with Crippen LogP contribution in [0, 0.1) is 0 Å². The van der Waals surface area contributed by atoms with Crippen LogP contribution < -0.4 is 14.8 Å². The van der Waals surface area contributed by atoms with Gasteiger partial charge >= 0.3 is 5.97 Å². The first-order valence-corrected chi connectivity index (χ1v) is 8.39. The van der Waals surface area contributed by atoms with Crippen LogP contribution in [0.15, 0.2) is 42.5 Å². The van der Waals surface area contributed by atoms with Crippen LogP contribution in [0.5, 0.6) is 11.5 Å². The topological polar surface area (TPSA) is 73.9 Å². The smallest absolute Gasteiger partial charge is 0.338 e. The molecule has 0 heterocycles. The molecule has 2 aromatic carbocycles.